The van der Waals surface area contributed by atoms with Crippen LogP contribution in [0.4, 0.5) is 0 Å². The minimum Gasteiger partial charge on any atom is -0.493 e. The van der Waals surface area contributed by atoms with Gasteiger partial charge in [-0.3, -0.25) is 4.79 Å². The molecule has 0 saturated carbocycles. The molecule has 0 unspecified atom stereocenters. The van der Waals surface area contributed by atoms with E-state index in [-0.39, 0.29) is 5.56 Å². The highest BCUT2D eigenvalue weighted by molar-refractivity contribution is 5.85. The molecule has 0 saturated heterocycles. The molecular weight excluding hydrogens is 314 g/mol. The van der Waals surface area contributed by atoms with Gasteiger partial charge in [-0.05, 0) is 55.0 Å². The van der Waals surface area contributed by atoms with Gasteiger partial charge in [0.25, 0.3) is 5.56 Å². The van der Waals surface area contributed by atoms with E-state index in [1.807, 2.05) is 54.0 Å². The van der Waals surface area contributed by atoms with E-state index in [4.69, 9.17) is 9.47 Å². The molecule has 25 heavy (non-hydrogen) atoms. The van der Waals surface area contributed by atoms with Crippen LogP contribution in [-0.4, -0.2) is 18.8 Å². The third kappa shape index (κ3) is 3.12. The van der Waals surface area contributed by atoms with E-state index in [0.717, 1.165) is 34.0 Å². The normalized spacial score (nSPS) is 10.9. The van der Waals surface area contributed by atoms with E-state index in [1.165, 1.54) is 0 Å². The van der Waals surface area contributed by atoms with E-state index < -0.39 is 0 Å². The fourth-order valence-corrected chi connectivity index (χ4v) is 3.24. The number of aromatic nitrogens is 1. The average molecular weight is 337 g/mol. The molecule has 130 valence electrons. The van der Waals surface area contributed by atoms with Crippen LogP contribution in [0.15, 0.2) is 47.3 Å². The van der Waals surface area contributed by atoms with Gasteiger partial charge in [-0.1, -0.05) is 24.3 Å². The van der Waals surface area contributed by atoms with E-state index in [1.54, 1.807) is 14.2 Å². The Hall–Kier alpha value is -2.75. The van der Waals surface area contributed by atoms with E-state index in [0.29, 0.717) is 18.0 Å². The summed E-state index contributed by atoms with van der Waals surface area (Å²) in [5.74, 6) is 1.42. The van der Waals surface area contributed by atoms with Crippen molar-refractivity contribution in [1.82, 2.24) is 4.57 Å². The highest BCUT2D eigenvalue weighted by atomic mass is 16.5. The summed E-state index contributed by atoms with van der Waals surface area (Å²) in [6.07, 6.45) is 0.749. The first-order valence-electron chi connectivity index (χ1n) is 8.36. The van der Waals surface area contributed by atoms with Crippen molar-refractivity contribution < 1.29 is 9.47 Å². The molecule has 0 N–H and O–H groups in total. The number of benzene rings is 2. The largest absolute Gasteiger partial charge is 0.493 e. The third-order valence-corrected chi connectivity index (χ3v) is 4.83. The SMILES string of the molecule is COc1ccc(CCn2c(C)c(C)c3ccccc3c2=O)cc1OC. The maximum Gasteiger partial charge on any atom is 0.258 e. The Morgan fingerprint density at radius 1 is 0.920 bits per heavy atom. The first-order chi connectivity index (χ1) is 12.1. The zero-order valence-corrected chi connectivity index (χ0v) is 15.1. The first-order valence-corrected chi connectivity index (χ1v) is 8.36. The van der Waals surface area contributed by atoms with Crippen LogP contribution in [0.1, 0.15) is 16.8 Å². The molecule has 0 bridgehead atoms. The zero-order chi connectivity index (χ0) is 18.0. The van der Waals surface area contributed by atoms with Crippen molar-refractivity contribution in [3.63, 3.8) is 0 Å². The maximum atomic E-state index is 12.9. The molecular formula is C21H23NO3. The minimum atomic E-state index is 0.0687. The Balaban J connectivity index is 1.95. The van der Waals surface area contributed by atoms with E-state index in [9.17, 15) is 4.79 Å². The minimum absolute atomic E-state index is 0.0687. The highest BCUT2D eigenvalue weighted by Crippen LogP contribution is 2.28. The van der Waals surface area contributed by atoms with Gasteiger partial charge in [0.2, 0.25) is 0 Å². The Labute approximate surface area is 147 Å². The van der Waals surface area contributed by atoms with Gasteiger partial charge in [-0.25, -0.2) is 0 Å². The molecule has 1 heterocycles. The summed E-state index contributed by atoms with van der Waals surface area (Å²) in [5.41, 5.74) is 3.35. The van der Waals surface area contributed by atoms with Crippen LogP contribution in [0.5, 0.6) is 11.5 Å². The molecule has 0 aliphatic heterocycles. The van der Waals surface area contributed by atoms with Crippen molar-refractivity contribution in [2.24, 2.45) is 0 Å². The molecule has 0 fully saturated rings. The lowest BCUT2D eigenvalue weighted by Crippen LogP contribution is -2.24. The fourth-order valence-electron chi connectivity index (χ4n) is 3.24. The summed E-state index contributed by atoms with van der Waals surface area (Å²) in [7, 11) is 3.25. The molecule has 4 nitrogen and oxygen atoms in total. The summed E-state index contributed by atoms with van der Waals surface area (Å²) in [6, 6.07) is 13.7. The van der Waals surface area contributed by atoms with E-state index in [2.05, 4.69) is 6.92 Å². The molecule has 0 atom stereocenters. The van der Waals surface area contributed by atoms with Gasteiger partial charge < -0.3 is 14.0 Å². The van der Waals surface area contributed by atoms with Gasteiger partial charge in [0.05, 0.1) is 14.2 Å². The lowest BCUT2D eigenvalue weighted by Gasteiger charge is -2.15. The Morgan fingerprint density at radius 2 is 1.60 bits per heavy atom. The number of nitrogens with zero attached hydrogens (tertiary/aromatic N) is 1. The van der Waals surface area contributed by atoms with Crippen LogP contribution >= 0.6 is 0 Å². The summed E-state index contributed by atoms with van der Waals surface area (Å²) >= 11 is 0. The van der Waals surface area contributed by atoms with Crippen molar-refractivity contribution in [3.8, 4) is 11.5 Å². The second-order valence-corrected chi connectivity index (χ2v) is 6.15. The summed E-state index contributed by atoms with van der Waals surface area (Å²) in [6.45, 7) is 4.72. The molecule has 0 spiro atoms. The van der Waals surface area contributed by atoms with Crippen LogP contribution < -0.4 is 15.0 Å². The number of aryl methyl sites for hydroxylation is 2. The standard InChI is InChI=1S/C21H23NO3/c1-14-15(2)22(21(23)18-8-6-5-7-17(14)18)12-11-16-9-10-19(24-3)20(13-16)25-4/h5-10,13H,11-12H2,1-4H3. The van der Waals surface area contributed by atoms with Crippen LogP contribution in [0.25, 0.3) is 10.8 Å². The van der Waals surface area contributed by atoms with Crippen LogP contribution in [0.3, 0.4) is 0 Å². The van der Waals surface area contributed by atoms with Crippen molar-refractivity contribution in [3.05, 3.63) is 69.6 Å². The van der Waals surface area contributed by atoms with Crippen LogP contribution in [-0.2, 0) is 13.0 Å². The second-order valence-electron chi connectivity index (χ2n) is 6.15. The second kappa shape index (κ2) is 7.01. The quantitative estimate of drug-likeness (QED) is 0.709. The summed E-state index contributed by atoms with van der Waals surface area (Å²) < 4.78 is 12.5. The van der Waals surface area contributed by atoms with Gasteiger partial charge >= 0.3 is 0 Å². The maximum absolute atomic E-state index is 12.9. The van der Waals surface area contributed by atoms with E-state index >= 15 is 0 Å². The predicted molar refractivity (Wildman–Crippen MR) is 101 cm³/mol. The summed E-state index contributed by atoms with van der Waals surface area (Å²) in [4.78, 5) is 12.9. The molecule has 0 aliphatic carbocycles. The number of methoxy groups -OCH3 is 2. The third-order valence-electron chi connectivity index (χ3n) is 4.83. The van der Waals surface area contributed by atoms with Gasteiger partial charge in [0, 0.05) is 17.6 Å². The molecule has 1 aromatic heterocycles. The number of ether oxygens (including phenoxy) is 2. The highest BCUT2D eigenvalue weighted by Gasteiger charge is 2.11. The van der Waals surface area contributed by atoms with Gasteiger partial charge in [0.15, 0.2) is 11.5 Å². The van der Waals surface area contributed by atoms with Gasteiger partial charge in [0.1, 0.15) is 0 Å². The summed E-state index contributed by atoms with van der Waals surface area (Å²) in [5, 5.41) is 1.81. The molecule has 0 radical (unpaired) electrons. The zero-order valence-electron chi connectivity index (χ0n) is 15.1. The molecule has 0 aliphatic rings. The lowest BCUT2D eigenvalue weighted by molar-refractivity contribution is 0.354. The van der Waals surface area contributed by atoms with Gasteiger partial charge in [-0.2, -0.15) is 0 Å². The Kier molecular flexibility index (Phi) is 4.79. The molecule has 3 rings (SSSR count). The Bertz CT molecular complexity index is 973. The van der Waals surface area contributed by atoms with Crippen molar-refractivity contribution in [2.45, 2.75) is 26.8 Å². The lowest BCUT2D eigenvalue weighted by atomic mass is 10.0. The predicted octanol–water partition coefficient (Wildman–Crippen LogP) is 3.88. The number of pyridine rings is 1. The van der Waals surface area contributed by atoms with Crippen LogP contribution in [0.2, 0.25) is 0 Å². The van der Waals surface area contributed by atoms with Crippen molar-refractivity contribution in [1.29, 1.82) is 0 Å². The molecule has 3 aromatic rings. The topological polar surface area (TPSA) is 40.5 Å². The first kappa shape index (κ1) is 17.1. The van der Waals surface area contributed by atoms with Gasteiger partial charge in [-0.15, -0.1) is 0 Å². The smallest absolute Gasteiger partial charge is 0.258 e. The number of fused-ring (bicyclic) bond motifs is 1. The molecule has 2 aromatic carbocycles. The number of hydrogen-bond donors (Lipinski definition) is 0. The Morgan fingerprint density at radius 3 is 2.28 bits per heavy atom. The fraction of sp³-hybridized carbons (Fsp3) is 0.286. The molecule has 0 amide bonds. The van der Waals surface area contributed by atoms with Crippen molar-refractivity contribution >= 4 is 10.8 Å². The van der Waals surface area contributed by atoms with Crippen LogP contribution in [0, 0.1) is 13.8 Å². The van der Waals surface area contributed by atoms with Crippen molar-refractivity contribution in [2.75, 3.05) is 14.2 Å². The number of rotatable bonds is 5. The monoisotopic (exact) mass is 337 g/mol. The molecule has 4 heteroatoms. The average Bonchev–Trinajstić information content (AvgIpc) is 2.66. The number of hydrogen-bond acceptors (Lipinski definition) is 3.